The van der Waals surface area contributed by atoms with Gasteiger partial charge in [-0.25, -0.2) is 0 Å². The fraction of sp³-hybridized carbons (Fsp3) is 0.391. The minimum absolute atomic E-state index is 0.0829. The third kappa shape index (κ3) is 6.11. The molecule has 4 rings (SSSR count). The number of hydrogen-bond donors (Lipinski definition) is 2. The second-order valence-electron chi connectivity index (χ2n) is 7.51. The van der Waals surface area contributed by atoms with Gasteiger partial charge < -0.3 is 28.8 Å². The fourth-order valence-corrected chi connectivity index (χ4v) is 3.94. The highest BCUT2D eigenvalue weighted by Gasteiger charge is 2.22. The highest BCUT2D eigenvalue weighted by atomic mass is 32.2. The smallest absolute Gasteiger partial charge is 0.294 e. The van der Waals surface area contributed by atoms with Gasteiger partial charge in [-0.15, -0.1) is 0 Å². The van der Waals surface area contributed by atoms with Crippen LogP contribution in [0, 0.1) is 0 Å². The largest absolute Gasteiger partial charge is 0.507 e. The van der Waals surface area contributed by atoms with Crippen LogP contribution >= 0.6 is 0 Å². The van der Waals surface area contributed by atoms with Crippen LogP contribution in [-0.4, -0.2) is 77.0 Å². The first-order valence-electron chi connectivity index (χ1n) is 10.6. The van der Waals surface area contributed by atoms with Gasteiger partial charge in [-0.3, -0.25) is 4.55 Å². The third-order valence-electron chi connectivity index (χ3n) is 5.14. The van der Waals surface area contributed by atoms with Crippen LogP contribution < -0.4 is 4.74 Å². The molecule has 1 saturated heterocycles. The number of rotatable bonds is 13. The molecule has 10 heteroatoms. The molecule has 0 amide bonds. The minimum atomic E-state index is -4.41. The zero-order valence-corrected chi connectivity index (χ0v) is 18.8. The van der Waals surface area contributed by atoms with Gasteiger partial charge in [0.25, 0.3) is 10.1 Å². The SMILES string of the molecule is O=S(=O)(O)c1ccc2c(OCCOCCOCCOCC3CO3)c3ccccc3c(O)c2c1. The first kappa shape index (κ1) is 23.7. The van der Waals surface area contributed by atoms with Crippen LogP contribution in [0.1, 0.15) is 0 Å². The van der Waals surface area contributed by atoms with Gasteiger partial charge in [-0.05, 0) is 18.2 Å². The quantitative estimate of drug-likeness (QED) is 0.165. The van der Waals surface area contributed by atoms with Gasteiger partial charge in [0.2, 0.25) is 0 Å². The first-order chi connectivity index (χ1) is 15.9. The Morgan fingerprint density at radius 1 is 0.848 bits per heavy atom. The van der Waals surface area contributed by atoms with Crippen LogP contribution in [0.3, 0.4) is 0 Å². The zero-order valence-electron chi connectivity index (χ0n) is 17.9. The Morgan fingerprint density at radius 3 is 2.12 bits per heavy atom. The Bertz CT molecular complexity index is 1210. The second kappa shape index (κ2) is 10.6. The van der Waals surface area contributed by atoms with Gasteiger partial charge in [0.15, 0.2) is 0 Å². The first-order valence-corrected chi connectivity index (χ1v) is 12.0. The topological polar surface area (TPSA) is 124 Å². The number of epoxide rings is 1. The van der Waals surface area contributed by atoms with E-state index >= 15 is 0 Å². The Hall–Kier alpha value is -2.47. The van der Waals surface area contributed by atoms with E-state index in [0.717, 1.165) is 6.61 Å². The lowest BCUT2D eigenvalue weighted by molar-refractivity contribution is 0.00722. The molecule has 1 fully saturated rings. The van der Waals surface area contributed by atoms with Crippen molar-refractivity contribution in [3.8, 4) is 11.5 Å². The van der Waals surface area contributed by atoms with Crippen LogP contribution in [0.25, 0.3) is 21.5 Å². The molecule has 0 aromatic heterocycles. The summed E-state index contributed by atoms with van der Waals surface area (Å²) in [7, 11) is -4.41. The van der Waals surface area contributed by atoms with Crippen molar-refractivity contribution in [1.82, 2.24) is 0 Å². The van der Waals surface area contributed by atoms with E-state index in [9.17, 15) is 18.1 Å². The third-order valence-corrected chi connectivity index (χ3v) is 5.99. The number of ether oxygens (including phenoxy) is 5. The summed E-state index contributed by atoms with van der Waals surface area (Å²) in [6.07, 6.45) is 0.251. The number of fused-ring (bicyclic) bond motifs is 2. The van der Waals surface area contributed by atoms with Crippen molar-refractivity contribution in [2.24, 2.45) is 0 Å². The van der Waals surface area contributed by atoms with Gasteiger partial charge >= 0.3 is 0 Å². The van der Waals surface area contributed by atoms with Crippen molar-refractivity contribution in [3.63, 3.8) is 0 Å². The summed E-state index contributed by atoms with van der Waals surface area (Å²) in [5, 5.41) is 12.7. The van der Waals surface area contributed by atoms with Crippen LogP contribution in [0.5, 0.6) is 11.5 Å². The van der Waals surface area contributed by atoms with E-state index in [1.165, 1.54) is 18.2 Å². The summed E-state index contributed by atoms with van der Waals surface area (Å²) in [6.45, 7) is 3.80. The normalized spacial score (nSPS) is 15.8. The zero-order chi connectivity index (χ0) is 23.3. The molecule has 1 aliphatic heterocycles. The van der Waals surface area contributed by atoms with E-state index < -0.39 is 10.1 Å². The van der Waals surface area contributed by atoms with E-state index in [0.29, 0.717) is 61.5 Å². The molecule has 3 aromatic rings. The standard InChI is InChI=1S/C23H26O9S/c24-22-18-3-1-2-4-19(18)23(20-6-5-17(13-21(20)22)33(25,26)27)31-12-11-29-8-7-28-9-10-30-14-16-15-32-16/h1-6,13,16,24H,7-12,14-15H2,(H,25,26,27). The number of aromatic hydroxyl groups is 1. The highest BCUT2D eigenvalue weighted by Crippen LogP contribution is 2.42. The number of phenols is 1. The van der Waals surface area contributed by atoms with Gasteiger partial charge in [0.1, 0.15) is 24.2 Å². The Kier molecular flexibility index (Phi) is 7.63. The van der Waals surface area contributed by atoms with E-state index in [2.05, 4.69) is 0 Å². The molecule has 3 aromatic carbocycles. The summed E-state index contributed by atoms with van der Waals surface area (Å²) < 4.78 is 59.9. The van der Waals surface area contributed by atoms with Crippen molar-refractivity contribution in [3.05, 3.63) is 42.5 Å². The summed E-state index contributed by atoms with van der Waals surface area (Å²) in [5.41, 5.74) is 0. The van der Waals surface area contributed by atoms with Gasteiger partial charge in [-0.1, -0.05) is 24.3 Å². The molecular weight excluding hydrogens is 452 g/mol. The van der Waals surface area contributed by atoms with E-state index in [1.54, 1.807) is 12.1 Å². The molecule has 0 spiro atoms. The van der Waals surface area contributed by atoms with E-state index in [-0.39, 0.29) is 28.7 Å². The number of phenolic OH excluding ortho intramolecular Hbond substituents is 1. The molecule has 0 bridgehead atoms. The molecular formula is C23H26O9S. The lowest BCUT2D eigenvalue weighted by Gasteiger charge is -2.15. The summed E-state index contributed by atoms with van der Waals surface area (Å²) >= 11 is 0. The predicted octanol–water partition coefficient (Wildman–Crippen LogP) is 2.77. The molecule has 0 saturated carbocycles. The fourth-order valence-electron chi connectivity index (χ4n) is 3.43. The molecule has 2 N–H and O–H groups in total. The van der Waals surface area contributed by atoms with Crippen molar-refractivity contribution in [1.29, 1.82) is 0 Å². The van der Waals surface area contributed by atoms with Crippen molar-refractivity contribution in [2.45, 2.75) is 11.0 Å². The molecule has 0 aliphatic carbocycles. The molecule has 178 valence electrons. The summed E-state index contributed by atoms with van der Waals surface area (Å²) in [6, 6.07) is 11.1. The maximum atomic E-state index is 11.5. The minimum Gasteiger partial charge on any atom is -0.507 e. The lowest BCUT2D eigenvalue weighted by Crippen LogP contribution is -2.13. The Morgan fingerprint density at radius 2 is 1.45 bits per heavy atom. The van der Waals surface area contributed by atoms with Crippen LogP contribution in [0.2, 0.25) is 0 Å². The molecule has 33 heavy (non-hydrogen) atoms. The number of benzene rings is 3. The molecule has 0 radical (unpaired) electrons. The second-order valence-corrected chi connectivity index (χ2v) is 8.93. The molecule has 1 atom stereocenters. The lowest BCUT2D eigenvalue weighted by atomic mass is 10.0. The van der Waals surface area contributed by atoms with Crippen LogP contribution in [0.15, 0.2) is 47.4 Å². The summed E-state index contributed by atoms with van der Waals surface area (Å²) in [5.74, 6) is 0.414. The summed E-state index contributed by atoms with van der Waals surface area (Å²) in [4.78, 5) is -0.305. The van der Waals surface area contributed by atoms with Gasteiger partial charge in [0, 0.05) is 21.5 Å². The van der Waals surface area contributed by atoms with Gasteiger partial charge in [0.05, 0.1) is 51.1 Å². The predicted molar refractivity (Wildman–Crippen MR) is 121 cm³/mol. The van der Waals surface area contributed by atoms with Crippen LogP contribution in [-0.2, 0) is 29.1 Å². The van der Waals surface area contributed by atoms with Crippen molar-refractivity contribution >= 4 is 31.7 Å². The maximum absolute atomic E-state index is 11.5. The van der Waals surface area contributed by atoms with Crippen LogP contribution in [0.4, 0.5) is 0 Å². The average molecular weight is 479 g/mol. The van der Waals surface area contributed by atoms with E-state index in [4.69, 9.17) is 23.7 Å². The Labute approximate surface area is 191 Å². The van der Waals surface area contributed by atoms with E-state index in [1.807, 2.05) is 12.1 Å². The Balaban J connectivity index is 1.35. The molecule has 1 aliphatic rings. The monoisotopic (exact) mass is 478 g/mol. The highest BCUT2D eigenvalue weighted by molar-refractivity contribution is 7.85. The van der Waals surface area contributed by atoms with Crippen molar-refractivity contribution in [2.75, 3.05) is 52.9 Å². The van der Waals surface area contributed by atoms with Crippen molar-refractivity contribution < 1.29 is 41.8 Å². The van der Waals surface area contributed by atoms with Gasteiger partial charge in [-0.2, -0.15) is 8.42 Å². The molecule has 9 nitrogen and oxygen atoms in total. The molecule has 1 heterocycles. The molecule has 1 unspecified atom stereocenters. The number of hydrogen-bond acceptors (Lipinski definition) is 8. The average Bonchev–Trinajstić information content (AvgIpc) is 3.63. The maximum Gasteiger partial charge on any atom is 0.294 e.